The number of hydrogen-bond donors (Lipinski definition) is 0. The van der Waals surface area contributed by atoms with Crippen LogP contribution >= 0.6 is 8.53 Å². The van der Waals surface area contributed by atoms with Gasteiger partial charge in [-0.2, -0.15) is 5.26 Å². The molecule has 0 rings (SSSR count). The Labute approximate surface area is 100 Å². The van der Waals surface area contributed by atoms with E-state index < -0.39 is 8.53 Å². The summed E-state index contributed by atoms with van der Waals surface area (Å²) >= 11 is 0. The van der Waals surface area contributed by atoms with Crippen LogP contribution in [0.3, 0.4) is 0 Å². The normalized spacial score (nSPS) is 13.4. The van der Waals surface area contributed by atoms with Crippen molar-refractivity contribution in [1.29, 1.82) is 5.26 Å². The van der Waals surface area contributed by atoms with Crippen LogP contribution in [0.25, 0.3) is 0 Å². The monoisotopic (exact) mass is 246 g/mol. The Kier molecular flexibility index (Phi) is 8.78. The van der Waals surface area contributed by atoms with E-state index in [0.29, 0.717) is 31.7 Å². The van der Waals surface area contributed by atoms with E-state index in [1.54, 1.807) is 0 Å². The fourth-order valence-electron chi connectivity index (χ4n) is 1.42. The van der Waals surface area contributed by atoms with Crippen LogP contribution in [-0.2, 0) is 9.05 Å². The lowest BCUT2D eigenvalue weighted by molar-refractivity contribution is 0.182. The second kappa shape index (κ2) is 8.90. The summed E-state index contributed by atoms with van der Waals surface area (Å²) in [4.78, 5) is 0. The third-order valence-electron chi connectivity index (χ3n) is 1.90. The maximum absolute atomic E-state index is 8.49. The molecule has 1 unspecified atom stereocenters. The van der Waals surface area contributed by atoms with Crippen LogP contribution in [0.4, 0.5) is 0 Å². The van der Waals surface area contributed by atoms with Crippen LogP contribution in [0, 0.1) is 11.3 Å². The van der Waals surface area contributed by atoms with Crippen LogP contribution in [-0.4, -0.2) is 30.0 Å². The molecular formula is C11H23N2O2P. The highest BCUT2D eigenvalue weighted by atomic mass is 31.2. The molecule has 0 fully saturated rings. The Morgan fingerprint density at radius 1 is 1.19 bits per heavy atom. The summed E-state index contributed by atoms with van der Waals surface area (Å²) in [6.07, 6.45) is 0.413. The minimum atomic E-state index is -1.03. The molecule has 0 spiro atoms. The number of nitriles is 1. The van der Waals surface area contributed by atoms with Gasteiger partial charge >= 0.3 is 0 Å². The van der Waals surface area contributed by atoms with Crippen molar-refractivity contribution in [1.82, 2.24) is 4.67 Å². The summed E-state index contributed by atoms with van der Waals surface area (Å²) < 4.78 is 13.5. The first-order valence-electron chi connectivity index (χ1n) is 5.75. The summed E-state index contributed by atoms with van der Waals surface area (Å²) in [6.45, 7) is 11.5. The molecule has 0 amide bonds. The Bertz CT molecular complexity index is 209. The van der Waals surface area contributed by atoms with Crippen LogP contribution in [0.5, 0.6) is 0 Å². The van der Waals surface area contributed by atoms with E-state index in [-0.39, 0.29) is 0 Å². The van der Waals surface area contributed by atoms with Gasteiger partial charge in [-0.1, -0.05) is 0 Å². The predicted octanol–water partition coefficient (Wildman–Crippen LogP) is 3.30. The van der Waals surface area contributed by atoms with E-state index in [2.05, 4.69) is 38.4 Å². The van der Waals surface area contributed by atoms with Gasteiger partial charge in [-0.3, -0.25) is 0 Å². The third kappa shape index (κ3) is 5.77. The van der Waals surface area contributed by atoms with Crippen molar-refractivity contribution in [2.24, 2.45) is 0 Å². The molecule has 0 saturated carbocycles. The van der Waals surface area contributed by atoms with Crippen molar-refractivity contribution >= 4 is 8.53 Å². The zero-order chi connectivity index (χ0) is 12.6. The van der Waals surface area contributed by atoms with Crippen molar-refractivity contribution in [2.45, 2.75) is 53.1 Å². The lowest BCUT2D eigenvalue weighted by atomic mass is 10.3. The molecule has 0 saturated heterocycles. The average molecular weight is 246 g/mol. The van der Waals surface area contributed by atoms with Crippen LogP contribution in [0.2, 0.25) is 0 Å². The van der Waals surface area contributed by atoms with Crippen LogP contribution in [0.1, 0.15) is 41.0 Å². The molecule has 4 nitrogen and oxygen atoms in total. The highest BCUT2D eigenvalue weighted by molar-refractivity contribution is 7.44. The molecule has 0 aliphatic rings. The molecule has 0 aliphatic heterocycles. The third-order valence-corrected chi connectivity index (χ3v) is 4.09. The van der Waals surface area contributed by atoms with Gasteiger partial charge in [-0.05, 0) is 34.6 Å². The molecule has 0 aromatic carbocycles. The van der Waals surface area contributed by atoms with E-state index >= 15 is 0 Å². The lowest BCUT2D eigenvalue weighted by Crippen LogP contribution is -2.33. The minimum absolute atomic E-state index is 0.375. The molecule has 94 valence electrons. The topological polar surface area (TPSA) is 45.5 Å². The van der Waals surface area contributed by atoms with E-state index in [0.717, 1.165) is 0 Å². The largest absolute Gasteiger partial charge is 0.322 e. The fourth-order valence-corrected chi connectivity index (χ4v) is 2.99. The smallest absolute Gasteiger partial charge is 0.259 e. The molecule has 0 radical (unpaired) electrons. The Hall–Kier alpha value is -0.200. The average Bonchev–Trinajstić information content (AvgIpc) is 2.17. The molecule has 0 aliphatic carbocycles. The van der Waals surface area contributed by atoms with Crippen LogP contribution in [0.15, 0.2) is 0 Å². The molecular weight excluding hydrogens is 223 g/mol. The summed E-state index contributed by atoms with van der Waals surface area (Å²) in [5.74, 6) is 0. The van der Waals surface area contributed by atoms with Crippen molar-refractivity contribution in [3.05, 3.63) is 0 Å². The van der Waals surface area contributed by atoms with Gasteiger partial charge in [0.05, 0.1) is 25.7 Å². The van der Waals surface area contributed by atoms with E-state index in [4.69, 9.17) is 14.3 Å². The first-order chi connectivity index (χ1) is 7.54. The quantitative estimate of drug-likeness (QED) is 0.487. The molecule has 1 atom stereocenters. The molecule has 0 N–H and O–H groups in total. The Morgan fingerprint density at radius 3 is 2.12 bits per heavy atom. The van der Waals surface area contributed by atoms with Crippen molar-refractivity contribution in [3.8, 4) is 6.07 Å². The first kappa shape index (κ1) is 15.8. The molecule has 0 aromatic heterocycles. The van der Waals surface area contributed by atoms with Gasteiger partial charge in [0.1, 0.15) is 0 Å². The molecule has 0 aromatic rings. The Morgan fingerprint density at radius 2 is 1.75 bits per heavy atom. The van der Waals surface area contributed by atoms with Gasteiger partial charge in [-0.25, -0.2) is 4.67 Å². The number of rotatable bonds is 8. The minimum Gasteiger partial charge on any atom is -0.322 e. The van der Waals surface area contributed by atoms with Crippen LogP contribution < -0.4 is 0 Å². The molecule has 16 heavy (non-hydrogen) atoms. The zero-order valence-corrected chi connectivity index (χ0v) is 11.8. The van der Waals surface area contributed by atoms with Crippen molar-refractivity contribution in [3.63, 3.8) is 0 Å². The Balaban J connectivity index is 4.39. The highest BCUT2D eigenvalue weighted by Gasteiger charge is 2.26. The van der Waals surface area contributed by atoms with Crippen molar-refractivity contribution in [2.75, 3.05) is 13.2 Å². The summed E-state index contributed by atoms with van der Waals surface area (Å²) in [7, 11) is -1.03. The summed E-state index contributed by atoms with van der Waals surface area (Å²) in [6, 6.07) is 2.82. The summed E-state index contributed by atoms with van der Waals surface area (Å²) in [5.41, 5.74) is 0. The second-order valence-electron chi connectivity index (χ2n) is 3.96. The van der Waals surface area contributed by atoms with Gasteiger partial charge in [0.2, 0.25) is 0 Å². The maximum Gasteiger partial charge on any atom is 0.259 e. The number of nitrogens with zero attached hydrogens (tertiary/aromatic N) is 2. The molecule has 0 bridgehead atoms. The van der Waals surface area contributed by atoms with Crippen molar-refractivity contribution < 1.29 is 9.05 Å². The first-order valence-corrected chi connectivity index (χ1v) is 6.88. The molecule has 0 heterocycles. The zero-order valence-electron chi connectivity index (χ0n) is 10.9. The standard InChI is InChI=1S/C11H23N2O2P/c1-6-14-16(15-9-7-8-12)13(10(2)3)11(4)5/h10-11H,6-7,9H2,1-5H3. The lowest BCUT2D eigenvalue weighted by Gasteiger charge is -2.35. The molecule has 5 heteroatoms. The highest BCUT2D eigenvalue weighted by Crippen LogP contribution is 2.45. The van der Waals surface area contributed by atoms with Gasteiger partial charge in [0, 0.05) is 12.1 Å². The predicted molar refractivity (Wildman–Crippen MR) is 66.8 cm³/mol. The maximum atomic E-state index is 8.49. The van der Waals surface area contributed by atoms with Gasteiger partial charge in [0.15, 0.2) is 0 Å². The van der Waals surface area contributed by atoms with Gasteiger partial charge in [0.25, 0.3) is 8.53 Å². The SMILES string of the molecule is CCOP(OCCC#N)N(C(C)C)C(C)C. The second-order valence-corrected chi connectivity index (χ2v) is 5.42. The number of hydrogen-bond acceptors (Lipinski definition) is 4. The van der Waals surface area contributed by atoms with E-state index in [9.17, 15) is 0 Å². The van der Waals surface area contributed by atoms with E-state index in [1.807, 2.05) is 6.92 Å². The van der Waals surface area contributed by atoms with E-state index in [1.165, 1.54) is 0 Å². The van der Waals surface area contributed by atoms with Gasteiger partial charge in [-0.15, -0.1) is 0 Å². The summed E-state index contributed by atoms with van der Waals surface area (Å²) in [5, 5.41) is 8.49. The fraction of sp³-hybridized carbons (Fsp3) is 0.909. The van der Waals surface area contributed by atoms with Gasteiger partial charge < -0.3 is 9.05 Å².